The molecule has 6 heteroatoms. The first-order chi connectivity index (χ1) is 9.06. The van der Waals surface area contributed by atoms with Gasteiger partial charge >= 0.3 is 11.9 Å². The lowest BCUT2D eigenvalue weighted by molar-refractivity contribution is 0.0688. The number of hydrogen-bond acceptors (Lipinski definition) is 5. The first-order valence-electron chi connectivity index (χ1n) is 5.41. The lowest BCUT2D eigenvalue weighted by Crippen LogP contribution is -2.15. The van der Waals surface area contributed by atoms with E-state index in [0.29, 0.717) is 5.75 Å². The van der Waals surface area contributed by atoms with Crippen LogP contribution in [0.25, 0.3) is 0 Å². The van der Waals surface area contributed by atoms with E-state index in [2.05, 4.69) is 9.97 Å². The van der Waals surface area contributed by atoms with Gasteiger partial charge in [-0.05, 0) is 25.1 Å². The van der Waals surface area contributed by atoms with Crippen molar-refractivity contribution in [1.82, 2.24) is 9.97 Å². The monoisotopic (exact) mass is 258 g/mol. The molecule has 2 aromatic rings. The summed E-state index contributed by atoms with van der Waals surface area (Å²) in [5, 5.41) is 8.77. The summed E-state index contributed by atoms with van der Waals surface area (Å²) in [6.07, 6.45) is 1.20. The Hall–Kier alpha value is -2.76. The standard InChI is InChI=1S/C13H10N2O4/c1-8-2-4-9(5-3-8)19-13(18)11-14-7-6-10(15-11)12(16)17/h2-7H,1H3,(H,16,17). The summed E-state index contributed by atoms with van der Waals surface area (Å²) in [6, 6.07) is 8.04. The maximum absolute atomic E-state index is 11.7. The second kappa shape index (κ2) is 5.26. The molecule has 1 aromatic carbocycles. The maximum atomic E-state index is 11.7. The molecular formula is C13H10N2O4. The topological polar surface area (TPSA) is 89.4 Å². The van der Waals surface area contributed by atoms with E-state index >= 15 is 0 Å². The number of hydrogen-bond donors (Lipinski definition) is 1. The van der Waals surface area contributed by atoms with E-state index < -0.39 is 11.9 Å². The highest BCUT2D eigenvalue weighted by Gasteiger charge is 2.15. The summed E-state index contributed by atoms with van der Waals surface area (Å²) in [5.74, 6) is -1.97. The lowest BCUT2D eigenvalue weighted by Gasteiger charge is -2.03. The Morgan fingerprint density at radius 2 is 1.84 bits per heavy atom. The third kappa shape index (κ3) is 3.12. The lowest BCUT2D eigenvalue weighted by atomic mass is 10.2. The number of aryl methyl sites for hydroxylation is 1. The molecule has 0 radical (unpaired) electrons. The number of rotatable bonds is 3. The number of aromatic carboxylic acids is 1. The fraction of sp³-hybridized carbons (Fsp3) is 0.0769. The summed E-state index contributed by atoms with van der Waals surface area (Å²) in [7, 11) is 0. The molecule has 0 fully saturated rings. The normalized spacial score (nSPS) is 9.95. The fourth-order valence-electron chi connectivity index (χ4n) is 1.34. The fourth-order valence-corrected chi connectivity index (χ4v) is 1.34. The van der Waals surface area contributed by atoms with Crippen LogP contribution in [0, 0.1) is 6.92 Å². The van der Waals surface area contributed by atoms with Crippen LogP contribution in [0.1, 0.15) is 26.7 Å². The Bertz CT molecular complexity index is 623. The molecule has 1 aromatic heterocycles. The van der Waals surface area contributed by atoms with E-state index in [-0.39, 0.29) is 11.5 Å². The first-order valence-corrected chi connectivity index (χ1v) is 5.41. The molecule has 1 heterocycles. The van der Waals surface area contributed by atoms with Crippen LogP contribution >= 0.6 is 0 Å². The maximum Gasteiger partial charge on any atom is 0.381 e. The predicted octanol–water partition coefficient (Wildman–Crippen LogP) is 1.70. The third-order valence-electron chi connectivity index (χ3n) is 2.29. The smallest absolute Gasteiger partial charge is 0.381 e. The molecule has 0 bridgehead atoms. The van der Waals surface area contributed by atoms with Crippen molar-refractivity contribution in [3.8, 4) is 5.75 Å². The summed E-state index contributed by atoms with van der Waals surface area (Å²) in [5.41, 5.74) is 0.773. The number of carbonyl (C=O) groups is 2. The zero-order valence-corrected chi connectivity index (χ0v) is 10.0. The van der Waals surface area contributed by atoms with Crippen LogP contribution in [0.3, 0.4) is 0 Å². The van der Waals surface area contributed by atoms with Crippen molar-refractivity contribution in [2.24, 2.45) is 0 Å². The number of carbonyl (C=O) groups excluding carboxylic acids is 1. The van der Waals surface area contributed by atoms with Crippen molar-refractivity contribution in [1.29, 1.82) is 0 Å². The Balaban J connectivity index is 2.18. The minimum Gasteiger partial charge on any atom is -0.477 e. The Labute approximate surface area is 108 Å². The third-order valence-corrected chi connectivity index (χ3v) is 2.29. The van der Waals surface area contributed by atoms with E-state index in [4.69, 9.17) is 9.84 Å². The SMILES string of the molecule is Cc1ccc(OC(=O)c2nccc(C(=O)O)n2)cc1. The van der Waals surface area contributed by atoms with Gasteiger partial charge in [0.1, 0.15) is 5.75 Å². The first kappa shape index (κ1) is 12.7. The Morgan fingerprint density at radius 1 is 1.16 bits per heavy atom. The number of ether oxygens (including phenoxy) is 1. The molecule has 6 nitrogen and oxygen atoms in total. The Kier molecular flexibility index (Phi) is 3.51. The second-order valence-corrected chi connectivity index (χ2v) is 3.77. The number of carboxylic acids is 1. The van der Waals surface area contributed by atoms with Crippen LogP contribution in [-0.2, 0) is 0 Å². The van der Waals surface area contributed by atoms with Gasteiger partial charge in [0.2, 0.25) is 5.82 Å². The predicted molar refractivity (Wildman–Crippen MR) is 65.1 cm³/mol. The van der Waals surface area contributed by atoms with Crippen LogP contribution in [0.5, 0.6) is 5.75 Å². The zero-order chi connectivity index (χ0) is 13.8. The summed E-state index contributed by atoms with van der Waals surface area (Å²) in [6.45, 7) is 1.91. The van der Waals surface area contributed by atoms with Gasteiger partial charge in [0, 0.05) is 6.20 Å². The molecule has 0 spiro atoms. The average molecular weight is 258 g/mol. The van der Waals surface area contributed by atoms with Crippen LogP contribution in [0.15, 0.2) is 36.5 Å². The van der Waals surface area contributed by atoms with E-state index in [1.165, 1.54) is 12.3 Å². The minimum atomic E-state index is -1.23. The molecule has 0 aliphatic rings. The molecule has 0 amide bonds. The highest BCUT2D eigenvalue weighted by Crippen LogP contribution is 2.12. The second-order valence-electron chi connectivity index (χ2n) is 3.77. The molecule has 0 aliphatic carbocycles. The largest absolute Gasteiger partial charge is 0.477 e. The molecule has 0 aliphatic heterocycles. The molecule has 2 rings (SSSR count). The minimum absolute atomic E-state index is 0.258. The van der Waals surface area contributed by atoms with Gasteiger partial charge in [0.05, 0.1) is 0 Å². The average Bonchev–Trinajstić information content (AvgIpc) is 2.41. The Morgan fingerprint density at radius 3 is 2.47 bits per heavy atom. The van der Waals surface area contributed by atoms with E-state index in [0.717, 1.165) is 5.56 Å². The van der Waals surface area contributed by atoms with Crippen molar-refractivity contribution >= 4 is 11.9 Å². The molecule has 0 saturated heterocycles. The molecule has 19 heavy (non-hydrogen) atoms. The summed E-state index contributed by atoms with van der Waals surface area (Å²) >= 11 is 0. The highest BCUT2D eigenvalue weighted by atomic mass is 16.5. The van der Waals surface area contributed by atoms with Gasteiger partial charge in [-0.2, -0.15) is 0 Å². The van der Waals surface area contributed by atoms with Gasteiger partial charge in [0.25, 0.3) is 0 Å². The molecule has 1 N–H and O–H groups in total. The highest BCUT2D eigenvalue weighted by molar-refractivity contribution is 5.90. The van der Waals surface area contributed by atoms with Gasteiger partial charge < -0.3 is 9.84 Å². The van der Waals surface area contributed by atoms with Crippen LogP contribution < -0.4 is 4.74 Å². The van der Waals surface area contributed by atoms with Crippen molar-refractivity contribution in [3.05, 3.63) is 53.6 Å². The number of nitrogens with zero attached hydrogens (tertiary/aromatic N) is 2. The number of esters is 1. The van der Waals surface area contributed by atoms with Crippen LogP contribution in [0.4, 0.5) is 0 Å². The molecular weight excluding hydrogens is 248 g/mol. The quantitative estimate of drug-likeness (QED) is 0.665. The van der Waals surface area contributed by atoms with Gasteiger partial charge in [-0.3, -0.25) is 0 Å². The zero-order valence-electron chi connectivity index (χ0n) is 10.0. The van der Waals surface area contributed by atoms with Gasteiger partial charge in [-0.15, -0.1) is 0 Å². The van der Waals surface area contributed by atoms with E-state index in [9.17, 15) is 9.59 Å². The van der Waals surface area contributed by atoms with Gasteiger partial charge in [0.15, 0.2) is 5.69 Å². The molecule has 0 saturated carbocycles. The molecule has 96 valence electrons. The number of carboxylic acid groups (broad SMARTS) is 1. The summed E-state index contributed by atoms with van der Waals surface area (Å²) < 4.78 is 5.03. The van der Waals surface area contributed by atoms with E-state index in [1.54, 1.807) is 24.3 Å². The summed E-state index contributed by atoms with van der Waals surface area (Å²) in [4.78, 5) is 29.7. The van der Waals surface area contributed by atoms with Crippen molar-refractivity contribution in [3.63, 3.8) is 0 Å². The van der Waals surface area contributed by atoms with Crippen LogP contribution in [0.2, 0.25) is 0 Å². The van der Waals surface area contributed by atoms with Gasteiger partial charge in [-0.1, -0.05) is 17.7 Å². The van der Waals surface area contributed by atoms with Crippen molar-refractivity contribution in [2.75, 3.05) is 0 Å². The molecule has 0 atom stereocenters. The van der Waals surface area contributed by atoms with Gasteiger partial charge in [-0.25, -0.2) is 19.6 Å². The van der Waals surface area contributed by atoms with Crippen molar-refractivity contribution < 1.29 is 19.4 Å². The number of benzene rings is 1. The van der Waals surface area contributed by atoms with Crippen molar-refractivity contribution in [2.45, 2.75) is 6.92 Å². The molecule has 0 unspecified atom stereocenters. The van der Waals surface area contributed by atoms with Crippen LogP contribution in [-0.4, -0.2) is 27.0 Å². The number of aromatic nitrogens is 2. The van der Waals surface area contributed by atoms with E-state index in [1.807, 2.05) is 6.92 Å².